The molecule has 1 heterocycles. The number of benzene rings is 1. The molecule has 0 bridgehead atoms. The van der Waals surface area contributed by atoms with Crippen LogP contribution in [0, 0.1) is 11.2 Å². The lowest BCUT2D eigenvalue weighted by Crippen LogP contribution is -2.26. The molecule has 4 nitrogen and oxygen atoms in total. The standard InChI is InChI=1S/C13H16FN3O/c1-13(2,3)10(15)12-16-11(17-18-12)8-4-6-9(14)7-5-8/h4-7,10H,15H2,1-3H3. The van der Waals surface area contributed by atoms with Crippen LogP contribution in [0.25, 0.3) is 11.4 Å². The fraction of sp³-hybridized carbons (Fsp3) is 0.385. The van der Waals surface area contributed by atoms with Gasteiger partial charge in [-0.15, -0.1) is 0 Å². The second-order valence-corrected chi connectivity index (χ2v) is 5.31. The van der Waals surface area contributed by atoms with Crippen LogP contribution in [0.3, 0.4) is 0 Å². The highest BCUT2D eigenvalue weighted by Crippen LogP contribution is 2.30. The maximum absolute atomic E-state index is 12.8. The third-order valence-corrected chi connectivity index (χ3v) is 2.74. The van der Waals surface area contributed by atoms with E-state index >= 15 is 0 Å². The van der Waals surface area contributed by atoms with Crippen molar-refractivity contribution in [2.45, 2.75) is 26.8 Å². The molecule has 2 aromatic rings. The molecule has 1 atom stereocenters. The summed E-state index contributed by atoms with van der Waals surface area (Å²) in [7, 11) is 0. The molecule has 1 aromatic heterocycles. The first kappa shape index (κ1) is 12.7. The molecule has 0 saturated heterocycles. The minimum atomic E-state index is -0.334. The van der Waals surface area contributed by atoms with Gasteiger partial charge in [0.05, 0.1) is 6.04 Å². The Balaban J connectivity index is 2.28. The first-order valence-electron chi connectivity index (χ1n) is 5.73. The molecule has 18 heavy (non-hydrogen) atoms. The monoisotopic (exact) mass is 249 g/mol. The van der Waals surface area contributed by atoms with Gasteiger partial charge in [0.15, 0.2) is 0 Å². The molecule has 0 saturated carbocycles. The number of rotatable bonds is 2. The molecule has 96 valence electrons. The molecule has 5 heteroatoms. The molecule has 0 fully saturated rings. The SMILES string of the molecule is CC(C)(C)C(N)c1nc(-c2ccc(F)cc2)no1. The lowest BCUT2D eigenvalue weighted by Gasteiger charge is -2.23. The number of halogens is 1. The van der Waals surface area contributed by atoms with Crippen LogP contribution in [-0.2, 0) is 0 Å². The van der Waals surface area contributed by atoms with E-state index in [4.69, 9.17) is 10.3 Å². The number of hydrogen-bond acceptors (Lipinski definition) is 4. The summed E-state index contributed by atoms with van der Waals surface area (Å²) in [6.07, 6.45) is 0. The zero-order chi connectivity index (χ0) is 13.3. The van der Waals surface area contributed by atoms with Gasteiger partial charge in [-0.3, -0.25) is 0 Å². The van der Waals surface area contributed by atoms with Crippen molar-refractivity contribution < 1.29 is 8.91 Å². The van der Waals surface area contributed by atoms with Crippen molar-refractivity contribution in [3.63, 3.8) is 0 Å². The van der Waals surface area contributed by atoms with E-state index in [0.717, 1.165) is 0 Å². The van der Waals surface area contributed by atoms with E-state index in [1.165, 1.54) is 12.1 Å². The first-order valence-corrected chi connectivity index (χ1v) is 5.73. The van der Waals surface area contributed by atoms with Crippen LogP contribution < -0.4 is 5.73 Å². The molecular formula is C13H16FN3O. The minimum absolute atomic E-state index is 0.160. The van der Waals surface area contributed by atoms with Gasteiger partial charge in [0.2, 0.25) is 11.7 Å². The topological polar surface area (TPSA) is 64.9 Å². The van der Waals surface area contributed by atoms with E-state index in [2.05, 4.69) is 10.1 Å². The van der Waals surface area contributed by atoms with Gasteiger partial charge in [-0.05, 0) is 29.7 Å². The van der Waals surface area contributed by atoms with E-state index in [1.54, 1.807) is 12.1 Å². The Morgan fingerprint density at radius 3 is 2.39 bits per heavy atom. The quantitative estimate of drug-likeness (QED) is 0.888. The van der Waals surface area contributed by atoms with Crippen LogP contribution >= 0.6 is 0 Å². The fourth-order valence-corrected chi connectivity index (χ4v) is 1.45. The van der Waals surface area contributed by atoms with E-state index in [9.17, 15) is 4.39 Å². The number of nitrogens with two attached hydrogens (primary N) is 1. The normalized spacial score (nSPS) is 13.6. The molecule has 0 amide bonds. The minimum Gasteiger partial charge on any atom is -0.337 e. The zero-order valence-electron chi connectivity index (χ0n) is 10.6. The number of aromatic nitrogens is 2. The van der Waals surface area contributed by atoms with Crippen LogP contribution in [-0.4, -0.2) is 10.1 Å². The molecule has 0 radical (unpaired) electrons. The second-order valence-electron chi connectivity index (χ2n) is 5.31. The van der Waals surface area contributed by atoms with Crippen LogP contribution in [0.1, 0.15) is 32.7 Å². The van der Waals surface area contributed by atoms with Crippen LogP contribution in [0.4, 0.5) is 4.39 Å². The summed E-state index contributed by atoms with van der Waals surface area (Å²) in [5.74, 6) is 0.514. The lowest BCUT2D eigenvalue weighted by atomic mass is 9.87. The molecule has 1 aromatic carbocycles. The van der Waals surface area contributed by atoms with E-state index < -0.39 is 0 Å². The summed E-state index contributed by atoms with van der Waals surface area (Å²) in [6, 6.07) is 5.59. The second kappa shape index (κ2) is 4.49. The summed E-state index contributed by atoms with van der Waals surface area (Å²) < 4.78 is 18.0. The molecule has 0 aliphatic rings. The molecule has 0 aliphatic carbocycles. The average Bonchev–Trinajstić information content (AvgIpc) is 2.77. The van der Waals surface area contributed by atoms with Crippen molar-refractivity contribution in [2.24, 2.45) is 11.1 Å². The highest BCUT2D eigenvalue weighted by Gasteiger charge is 2.27. The molecule has 0 spiro atoms. The number of nitrogens with zero attached hydrogens (tertiary/aromatic N) is 2. The van der Waals surface area contributed by atoms with Gasteiger partial charge in [0, 0.05) is 5.56 Å². The highest BCUT2D eigenvalue weighted by molar-refractivity contribution is 5.53. The van der Waals surface area contributed by atoms with Crippen LogP contribution in [0.2, 0.25) is 0 Å². The van der Waals surface area contributed by atoms with Gasteiger partial charge < -0.3 is 10.3 Å². The Hall–Kier alpha value is -1.75. The van der Waals surface area contributed by atoms with Gasteiger partial charge in [-0.1, -0.05) is 25.9 Å². The third-order valence-electron chi connectivity index (χ3n) is 2.74. The van der Waals surface area contributed by atoms with Crippen molar-refractivity contribution in [3.8, 4) is 11.4 Å². The van der Waals surface area contributed by atoms with Crippen molar-refractivity contribution in [1.82, 2.24) is 10.1 Å². The summed E-state index contributed by atoms with van der Waals surface area (Å²) in [6.45, 7) is 6.00. The predicted molar refractivity (Wildman–Crippen MR) is 66.1 cm³/mol. The van der Waals surface area contributed by atoms with Gasteiger partial charge >= 0.3 is 0 Å². The maximum atomic E-state index is 12.8. The third kappa shape index (κ3) is 2.56. The van der Waals surface area contributed by atoms with Gasteiger partial charge in [-0.25, -0.2) is 4.39 Å². The average molecular weight is 249 g/mol. The van der Waals surface area contributed by atoms with Gasteiger partial charge in [-0.2, -0.15) is 4.98 Å². The molecular weight excluding hydrogens is 233 g/mol. The Bertz CT molecular complexity index is 528. The van der Waals surface area contributed by atoms with Gasteiger partial charge in [0.1, 0.15) is 5.82 Å². The van der Waals surface area contributed by atoms with Crippen molar-refractivity contribution >= 4 is 0 Å². The summed E-state index contributed by atoms with van der Waals surface area (Å²) in [5.41, 5.74) is 6.57. The summed E-state index contributed by atoms with van der Waals surface area (Å²) >= 11 is 0. The maximum Gasteiger partial charge on any atom is 0.244 e. The van der Waals surface area contributed by atoms with Crippen LogP contribution in [0.15, 0.2) is 28.8 Å². The summed E-state index contributed by atoms with van der Waals surface area (Å²) in [5, 5.41) is 3.86. The molecule has 2 N–H and O–H groups in total. The lowest BCUT2D eigenvalue weighted by molar-refractivity contribution is 0.253. The predicted octanol–water partition coefficient (Wildman–Crippen LogP) is 2.92. The Kier molecular flexibility index (Phi) is 3.17. The van der Waals surface area contributed by atoms with Crippen molar-refractivity contribution in [1.29, 1.82) is 0 Å². The highest BCUT2D eigenvalue weighted by atomic mass is 19.1. The van der Waals surface area contributed by atoms with Crippen molar-refractivity contribution in [3.05, 3.63) is 36.0 Å². The van der Waals surface area contributed by atoms with E-state index in [-0.39, 0.29) is 17.3 Å². The van der Waals surface area contributed by atoms with Gasteiger partial charge in [0.25, 0.3) is 0 Å². The summed E-state index contributed by atoms with van der Waals surface area (Å²) in [4.78, 5) is 4.25. The Morgan fingerprint density at radius 2 is 1.83 bits per heavy atom. The number of hydrogen-bond donors (Lipinski definition) is 1. The molecule has 2 rings (SSSR count). The first-order chi connectivity index (χ1) is 8.38. The van der Waals surface area contributed by atoms with E-state index in [0.29, 0.717) is 17.3 Å². The Labute approximate surface area is 105 Å². The smallest absolute Gasteiger partial charge is 0.244 e. The van der Waals surface area contributed by atoms with Crippen LogP contribution in [0.5, 0.6) is 0 Å². The molecule has 0 aliphatic heterocycles. The Morgan fingerprint density at radius 1 is 1.22 bits per heavy atom. The fourth-order valence-electron chi connectivity index (χ4n) is 1.45. The van der Waals surface area contributed by atoms with E-state index in [1.807, 2.05) is 20.8 Å². The zero-order valence-corrected chi connectivity index (χ0v) is 10.6. The van der Waals surface area contributed by atoms with Crippen molar-refractivity contribution in [2.75, 3.05) is 0 Å². The largest absolute Gasteiger partial charge is 0.337 e. The molecule has 1 unspecified atom stereocenters.